The van der Waals surface area contributed by atoms with Crippen LogP contribution < -0.4 is 5.73 Å². The van der Waals surface area contributed by atoms with Gasteiger partial charge in [-0.05, 0) is 61.4 Å². The van der Waals surface area contributed by atoms with Gasteiger partial charge >= 0.3 is 0 Å². The molecule has 1 aliphatic rings. The first-order valence-corrected chi connectivity index (χ1v) is 7.88. The highest BCUT2D eigenvalue weighted by molar-refractivity contribution is 5.93. The SMILES string of the molecule is CC(C)(C)C1CCCN(Cc2ccnc(C(=N)N)c2)CC1. The Morgan fingerprint density at radius 2 is 2.14 bits per heavy atom. The zero-order valence-corrected chi connectivity index (χ0v) is 13.5. The normalized spacial score (nSPS) is 21.0. The van der Waals surface area contributed by atoms with E-state index >= 15 is 0 Å². The van der Waals surface area contributed by atoms with E-state index in [4.69, 9.17) is 11.1 Å². The fourth-order valence-electron chi connectivity index (χ4n) is 3.16. The Balaban J connectivity index is 1.98. The highest BCUT2D eigenvalue weighted by atomic mass is 15.1. The molecule has 1 fully saturated rings. The van der Waals surface area contributed by atoms with E-state index < -0.39 is 0 Å². The summed E-state index contributed by atoms with van der Waals surface area (Å²) in [6.45, 7) is 10.3. The number of amidine groups is 1. The molecule has 4 nitrogen and oxygen atoms in total. The number of nitrogens with two attached hydrogens (primary N) is 1. The monoisotopic (exact) mass is 288 g/mol. The van der Waals surface area contributed by atoms with E-state index in [1.807, 2.05) is 12.1 Å². The molecule has 0 radical (unpaired) electrons. The molecule has 4 heteroatoms. The third-order valence-electron chi connectivity index (χ3n) is 4.55. The summed E-state index contributed by atoms with van der Waals surface area (Å²) in [6, 6.07) is 3.97. The molecule has 3 N–H and O–H groups in total. The molecule has 1 atom stereocenters. The molecular weight excluding hydrogens is 260 g/mol. The third kappa shape index (κ3) is 4.53. The van der Waals surface area contributed by atoms with Gasteiger partial charge in [0, 0.05) is 12.7 Å². The van der Waals surface area contributed by atoms with Crippen LogP contribution >= 0.6 is 0 Å². The van der Waals surface area contributed by atoms with Crippen molar-refractivity contribution in [2.45, 2.75) is 46.6 Å². The van der Waals surface area contributed by atoms with E-state index in [9.17, 15) is 0 Å². The van der Waals surface area contributed by atoms with Gasteiger partial charge in [0.25, 0.3) is 0 Å². The first-order chi connectivity index (χ1) is 9.86. The van der Waals surface area contributed by atoms with Crippen molar-refractivity contribution >= 4 is 5.84 Å². The van der Waals surface area contributed by atoms with Crippen LogP contribution in [-0.2, 0) is 6.54 Å². The third-order valence-corrected chi connectivity index (χ3v) is 4.55. The van der Waals surface area contributed by atoms with Gasteiger partial charge < -0.3 is 5.73 Å². The van der Waals surface area contributed by atoms with Crippen molar-refractivity contribution in [1.82, 2.24) is 9.88 Å². The molecule has 0 saturated carbocycles. The maximum absolute atomic E-state index is 7.48. The van der Waals surface area contributed by atoms with Crippen LogP contribution in [0.4, 0.5) is 0 Å². The maximum Gasteiger partial charge on any atom is 0.141 e. The van der Waals surface area contributed by atoms with Crippen molar-refractivity contribution in [3.63, 3.8) is 0 Å². The minimum absolute atomic E-state index is 0.0421. The summed E-state index contributed by atoms with van der Waals surface area (Å²) in [6.07, 6.45) is 5.62. The lowest BCUT2D eigenvalue weighted by Crippen LogP contribution is -2.26. The van der Waals surface area contributed by atoms with Gasteiger partial charge in [-0.15, -0.1) is 0 Å². The van der Waals surface area contributed by atoms with Crippen LogP contribution in [0.1, 0.15) is 51.3 Å². The average Bonchev–Trinajstić information content (AvgIpc) is 2.64. The van der Waals surface area contributed by atoms with Gasteiger partial charge in [-0.2, -0.15) is 0 Å². The highest BCUT2D eigenvalue weighted by Crippen LogP contribution is 2.34. The number of hydrogen-bond donors (Lipinski definition) is 2. The lowest BCUT2D eigenvalue weighted by atomic mass is 9.77. The summed E-state index contributed by atoms with van der Waals surface area (Å²) in [5.41, 5.74) is 7.70. The molecule has 1 unspecified atom stereocenters. The summed E-state index contributed by atoms with van der Waals surface area (Å²) in [7, 11) is 0. The summed E-state index contributed by atoms with van der Waals surface area (Å²) in [4.78, 5) is 6.65. The van der Waals surface area contributed by atoms with Crippen molar-refractivity contribution in [3.05, 3.63) is 29.6 Å². The Kier molecular flexibility index (Phi) is 4.99. The standard InChI is InChI=1S/C17H28N4/c1-17(2,3)14-5-4-9-21(10-7-14)12-13-6-8-20-15(11-13)16(18)19/h6,8,11,14H,4-5,7,9-10,12H2,1-3H3,(H3,18,19). The van der Waals surface area contributed by atoms with Crippen LogP contribution in [-0.4, -0.2) is 28.8 Å². The Morgan fingerprint density at radius 3 is 2.81 bits per heavy atom. The van der Waals surface area contributed by atoms with Gasteiger partial charge in [-0.3, -0.25) is 15.3 Å². The molecule has 1 aromatic heterocycles. The molecule has 0 bridgehead atoms. The largest absolute Gasteiger partial charge is 0.382 e. The van der Waals surface area contributed by atoms with Crippen LogP contribution in [0.3, 0.4) is 0 Å². The molecule has 0 aliphatic carbocycles. The Morgan fingerprint density at radius 1 is 1.38 bits per heavy atom. The van der Waals surface area contributed by atoms with E-state index in [2.05, 4.69) is 30.7 Å². The van der Waals surface area contributed by atoms with Crippen molar-refractivity contribution in [2.24, 2.45) is 17.1 Å². The van der Waals surface area contributed by atoms with Crippen molar-refractivity contribution in [1.29, 1.82) is 5.41 Å². The Bertz CT molecular complexity index is 490. The molecule has 0 aromatic carbocycles. The molecule has 2 heterocycles. The van der Waals surface area contributed by atoms with Crippen LogP contribution in [0.15, 0.2) is 18.3 Å². The second-order valence-corrected chi connectivity index (χ2v) is 7.23. The van der Waals surface area contributed by atoms with Crippen LogP contribution in [0.5, 0.6) is 0 Å². The fraction of sp³-hybridized carbons (Fsp3) is 0.647. The van der Waals surface area contributed by atoms with E-state index in [0.717, 1.165) is 25.6 Å². The zero-order valence-electron chi connectivity index (χ0n) is 13.5. The minimum atomic E-state index is 0.0421. The van der Waals surface area contributed by atoms with Crippen LogP contribution in [0.2, 0.25) is 0 Å². The second kappa shape index (κ2) is 6.56. The van der Waals surface area contributed by atoms with Crippen LogP contribution in [0, 0.1) is 16.7 Å². The van der Waals surface area contributed by atoms with Gasteiger partial charge in [0.2, 0.25) is 0 Å². The summed E-state index contributed by atoms with van der Waals surface area (Å²) in [5, 5.41) is 7.48. The first kappa shape index (κ1) is 16.0. The predicted octanol–water partition coefficient (Wildman–Crippen LogP) is 3.01. The number of nitrogen functional groups attached to an aromatic ring is 1. The number of likely N-dealkylation sites (tertiary alicyclic amines) is 1. The predicted molar refractivity (Wildman–Crippen MR) is 87.3 cm³/mol. The molecule has 1 aromatic rings. The van der Waals surface area contributed by atoms with Gasteiger partial charge in [0.15, 0.2) is 0 Å². The zero-order chi connectivity index (χ0) is 15.5. The van der Waals surface area contributed by atoms with Gasteiger partial charge in [-0.25, -0.2) is 0 Å². The average molecular weight is 288 g/mol. The number of hydrogen-bond acceptors (Lipinski definition) is 3. The van der Waals surface area contributed by atoms with E-state index in [1.54, 1.807) is 6.20 Å². The molecule has 116 valence electrons. The van der Waals surface area contributed by atoms with Gasteiger partial charge in [0.05, 0.1) is 0 Å². The molecule has 0 spiro atoms. The van der Waals surface area contributed by atoms with E-state index in [1.165, 1.54) is 24.8 Å². The fourth-order valence-corrected chi connectivity index (χ4v) is 3.16. The molecule has 21 heavy (non-hydrogen) atoms. The summed E-state index contributed by atoms with van der Waals surface area (Å²) in [5.74, 6) is 0.855. The summed E-state index contributed by atoms with van der Waals surface area (Å²) >= 11 is 0. The summed E-state index contributed by atoms with van der Waals surface area (Å²) < 4.78 is 0. The molecule has 1 aliphatic heterocycles. The second-order valence-electron chi connectivity index (χ2n) is 7.23. The highest BCUT2D eigenvalue weighted by Gasteiger charge is 2.26. The number of nitrogens with one attached hydrogen (secondary N) is 1. The number of rotatable bonds is 3. The molecular formula is C17H28N4. The van der Waals surface area contributed by atoms with Crippen molar-refractivity contribution in [3.8, 4) is 0 Å². The Labute approximate surface area is 128 Å². The van der Waals surface area contributed by atoms with Crippen LogP contribution in [0.25, 0.3) is 0 Å². The van der Waals surface area contributed by atoms with Crippen molar-refractivity contribution in [2.75, 3.05) is 13.1 Å². The molecule has 1 saturated heterocycles. The maximum atomic E-state index is 7.48. The van der Waals surface area contributed by atoms with Gasteiger partial charge in [-0.1, -0.05) is 20.8 Å². The number of aromatic nitrogens is 1. The number of pyridine rings is 1. The van der Waals surface area contributed by atoms with Gasteiger partial charge in [0.1, 0.15) is 11.5 Å². The quantitative estimate of drug-likeness (QED) is 0.663. The number of nitrogens with zero attached hydrogens (tertiary/aromatic N) is 2. The lowest BCUT2D eigenvalue weighted by Gasteiger charge is -2.29. The van der Waals surface area contributed by atoms with Crippen molar-refractivity contribution < 1.29 is 0 Å². The minimum Gasteiger partial charge on any atom is -0.382 e. The van der Waals surface area contributed by atoms with E-state index in [-0.39, 0.29) is 5.84 Å². The Hall–Kier alpha value is -1.42. The smallest absolute Gasteiger partial charge is 0.141 e. The lowest BCUT2D eigenvalue weighted by molar-refractivity contribution is 0.206. The first-order valence-electron chi connectivity index (χ1n) is 7.88. The molecule has 2 rings (SSSR count). The van der Waals surface area contributed by atoms with E-state index in [0.29, 0.717) is 11.1 Å². The topological polar surface area (TPSA) is 66.0 Å². The molecule has 0 amide bonds.